The van der Waals surface area contributed by atoms with Crippen LogP contribution in [0.25, 0.3) is 0 Å². The van der Waals surface area contributed by atoms with Crippen LogP contribution in [-0.2, 0) is 9.59 Å². The third-order valence-corrected chi connectivity index (χ3v) is 3.43. The van der Waals surface area contributed by atoms with E-state index in [-0.39, 0.29) is 0 Å². The number of aryl methyl sites for hydroxylation is 1. The zero-order chi connectivity index (χ0) is 15.3. The maximum atomic E-state index is 11.6. The number of carboxylic acid groups (broad SMARTS) is 2. The summed E-state index contributed by atoms with van der Waals surface area (Å²) >= 11 is 1.41. The van der Waals surface area contributed by atoms with Crippen LogP contribution in [0.5, 0.6) is 0 Å². The van der Waals surface area contributed by atoms with Gasteiger partial charge < -0.3 is 20.8 Å². The van der Waals surface area contributed by atoms with Gasteiger partial charge in [0.25, 0.3) is 0 Å². The highest BCUT2D eigenvalue weighted by Crippen LogP contribution is 2.18. The van der Waals surface area contributed by atoms with Crippen LogP contribution in [0.2, 0.25) is 0 Å². The summed E-state index contributed by atoms with van der Waals surface area (Å²) in [6, 6.07) is -2.62. The Balaban J connectivity index is 2.57. The van der Waals surface area contributed by atoms with Gasteiger partial charge in [-0.3, -0.25) is 4.79 Å². The monoisotopic (exact) mass is 301 g/mol. The molecule has 1 aromatic heterocycles. The van der Waals surface area contributed by atoms with Crippen LogP contribution in [0.3, 0.4) is 0 Å². The lowest BCUT2D eigenvalue weighted by Gasteiger charge is -2.16. The molecule has 0 saturated heterocycles. The van der Waals surface area contributed by atoms with E-state index >= 15 is 0 Å². The van der Waals surface area contributed by atoms with E-state index < -0.39 is 36.5 Å². The highest BCUT2D eigenvalue weighted by atomic mass is 32.1. The van der Waals surface area contributed by atoms with Crippen LogP contribution in [0.1, 0.15) is 29.3 Å². The van der Waals surface area contributed by atoms with E-state index in [1.807, 2.05) is 6.92 Å². The second-order valence-electron chi connectivity index (χ2n) is 4.14. The summed E-state index contributed by atoms with van der Waals surface area (Å²) in [6.07, 6.45) is 0.980. The molecule has 0 bridgehead atoms. The lowest BCUT2D eigenvalue weighted by atomic mass is 10.2. The number of aromatic nitrogens is 1. The fourth-order valence-corrected chi connectivity index (χ4v) is 2.18. The summed E-state index contributed by atoms with van der Waals surface area (Å²) in [6.45, 7) is 3.58. The van der Waals surface area contributed by atoms with Crippen molar-refractivity contribution in [3.8, 4) is 0 Å². The predicted molar refractivity (Wildman–Crippen MR) is 70.6 cm³/mol. The molecule has 4 N–H and O–H groups in total. The number of urea groups is 1. The van der Waals surface area contributed by atoms with Crippen LogP contribution in [-0.4, -0.2) is 39.2 Å². The van der Waals surface area contributed by atoms with E-state index in [2.05, 4.69) is 15.6 Å². The maximum absolute atomic E-state index is 11.6. The van der Waals surface area contributed by atoms with Gasteiger partial charge >= 0.3 is 18.0 Å². The lowest BCUT2D eigenvalue weighted by molar-refractivity contribution is -0.145. The zero-order valence-electron chi connectivity index (χ0n) is 10.9. The number of nitrogens with one attached hydrogen (secondary N) is 2. The smallest absolute Gasteiger partial charge is 0.326 e. The van der Waals surface area contributed by atoms with Gasteiger partial charge in [0.15, 0.2) is 0 Å². The van der Waals surface area contributed by atoms with E-state index in [1.165, 1.54) is 11.3 Å². The largest absolute Gasteiger partial charge is 0.481 e. The first-order chi connectivity index (χ1) is 9.29. The molecule has 0 aliphatic carbocycles. The minimum Gasteiger partial charge on any atom is -0.481 e. The molecule has 2 amide bonds. The van der Waals surface area contributed by atoms with Gasteiger partial charge in [0.1, 0.15) is 11.0 Å². The number of nitrogens with zero attached hydrogens (tertiary/aromatic N) is 1. The third kappa shape index (κ3) is 4.84. The summed E-state index contributed by atoms with van der Waals surface area (Å²) in [5.41, 5.74) is 0. The SMILES string of the molecule is Cc1cnc(C(C)NC(=O)N[C@@H](CC(=O)O)C(=O)O)s1. The summed E-state index contributed by atoms with van der Waals surface area (Å²) in [7, 11) is 0. The quantitative estimate of drug-likeness (QED) is 0.613. The molecular weight excluding hydrogens is 286 g/mol. The molecule has 0 aliphatic heterocycles. The molecule has 20 heavy (non-hydrogen) atoms. The standard InChI is InChI=1S/C11H15N3O5S/c1-5-4-12-9(20-5)6(2)13-11(19)14-7(10(17)18)3-8(15)16/h4,6-7H,3H2,1-2H3,(H,15,16)(H,17,18)(H2,13,14,19)/t6?,7-/m0/s1. The van der Waals surface area contributed by atoms with Crippen molar-refractivity contribution in [1.82, 2.24) is 15.6 Å². The molecule has 0 spiro atoms. The fourth-order valence-electron chi connectivity index (χ4n) is 1.41. The molecule has 1 aromatic rings. The molecule has 1 heterocycles. The van der Waals surface area contributed by atoms with Gasteiger partial charge in [-0.2, -0.15) is 0 Å². The number of thiazole rings is 1. The van der Waals surface area contributed by atoms with E-state index in [9.17, 15) is 14.4 Å². The van der Waals surface area contributed by atoms with Gasteiger partial charge in [0.2, 0.25) is 0 Å². The van der Waals surface area contributed by atoms with Crippen molar-refractivity contribution in [1.29, 1.82) is 0 Å². The molecule has 110 valence electrons. The average molecular weight is 301 g/mol. The molecule has 0 aliphatic rings. The second-order valence-corrected chi connectivity index (χ2v) is 5.40. The van der Waals surface area contributed by atoms with E-state index in [4.69, 9.17) is 10.2 Å². The van der Waals surface area contributed by atoms with Gasteiger partial charge in [-0.25, -0.2) is 14.6 Å². The highest BCUT2D eigenvalue weighted by molar-refractivity contribution is 7.11. The first-order valence-electron chi connectivity index (χ1n) is 5.73. The van der Waals surface area contributed by atoms with Crippen LogP contribution < -0.4 is 10.6 Å². The molecular formula is C11H15N3O5S. The fraction of sp³-hybridized carbons (Fsp3) is 0.455. The summed E-state index contributed by atoms with van der Waals surface area (Å²) in [5, 5.41) is 22.7. The molecule has 0 aromatic carbocycles. The van der Waals surface area contributed by atoms with Gasteiger partial charge in [-0.05, 0) is 13.8 Å². The zero-order valence-corrected chi connectivity index (χ0v) is 11.7. The Hall–Kier alpha value is -2.16. The van der Waals surface area contributed by atoms with Crippen molar-refractivity contribution < 1.29 is 24.6 Å². The van der Waals surface area contributed by atoms with Crippen LogP contribution in [0.15, 0.2) is 6.20 Å². The third-order valence-electron chi connectivity index (χ3n) is 2.34. The van der Waals surface area contributed by atoms with Gasteiger partial charge in [0.05, 0.1) is 12.5 Å². The van der Waals surface area contributed by atoms with Gasteiger partial charge in [-0.1, -0.05) is 0 Å². The normalized spacial score (nSPS) is 13.3. The Bertz CT molecular complexity index is 516. The first-order valence-corrected chi connectivity index (χ1v) is 6.55. The molecule has 1 unspecified atom stereocenters. The van der Waals surface area contributed by atoms with Gasteiger partial charge in [0, 0.05) is 11.1 Å². The summed E-state index contributed by atoms with van der Waals surface area (Å²) in [4.78, 5) is 38.0. The topological polar surface area (TPSA) is 129 Å². The number of hydrogen-bond acceptors (Lipinski definition) is 5. The number of carboxylic acids is 2. The van der Waals surface area contributed by atoms with Crippen LogP contribution in [0.4, 0.5) is 4.79 Å². The maximum Gasteiger partial charge on any atom is 0.326 e. The first kappa shape index (κ1) is 15.9. The summed E-state index contributed by atoms with van der Waals surface area (Å²) < 4.78 is 0. The van der Waals surface area contributed by atoms with E-state index in [1.54, 1.807) is 13.1 Å². The second kappa shape index (κ2) is 6.85. The number of aliphatic carboxylic acids is 2. The number of hydrogen-bond donors (Lipinski definition) is 4. The Kier molecular flexibility index (Phi) is 5.44. The molecule has 8 nitrogen and oxygen atoms in total. The van der Waals surface area contributed by atoms with Gasteiger partial charge in [-0.15, -0.1) is 11.3 Å². The number of rotatable bonds is 6. The Morgan fingerprint density at radius 3 is 2.45 bits per heavy atom. The number of amides is 2. The number of carbonyl (C=O) groups excluding carboxylic acids is 1. The number of carbonyl (C=O) groups is 3. The lowest BCUT2D eigenvalue weighted by Crippen LogP contribution is -2.47. The van der Waals surface area contributed by atoms with Crippen molar-refractivity contribution >= 4 is 29.3 Å². The Labute approximate surface area is 118 Å². The molecule has 1 rings (SSSR count). The molecule has 0 fully saturated rings. The molecule has 0 saturated carbocycles. The molecule has 9 heteroatoms. The van der Waals surface area contributed by atoms with Crippen molar-refractivity contribution in [2.24, 2.45) is 0 Å². The van der Waals surface area contributed by atoms with Crippen molar-refractivity contribution in [2.75, 3.05) is 0 Å². The minimum atomic E-state index is -1.47. The van der Waals surface area contributed by atoms with Crippen LogP contribution in [0, 0.1) is 6.92 Å². The predicted octanol–water partition coefficient (Wildman–Crippen LogP) is 0.740. The Morgan fingerprint density at radius 1 is 1.35 bits per heavy atom. The average Bonchev–Trinajstić information content (AvgIpc) is 2.74. The summed E-state index contributed by atoms with van der Waals surface area (Å²) in [5.74, 6) is -2.71. The van der Waals surface area contributed by atoms with E-state index in [0.717, 1.165) is 4.88 Å². The highest BCUT2D eigenvalue weighted by Gasteiger charge is 2.24. The molecule has 2 atom stereocenters. The van der Waals surface area contributed by atoms with Crippen molar-refractivity contribution in [2.45, 2.75) is 32.4 Å². The van der Waals surface area contributed by atoms with E-state index in [0.29, 0.717) is 5.01 Å². The van der Waals surface area contributed by atoms with Crippen molar-refractivity contribution in [3.05, 3.63) is 16.1 Å². The van der Waals surface area contributed by atoms with Crippen molar-refractivity contribution in [3.63, 3.8) is 0 Å². The Morgan fingerprint density at radius 2 is 2.00 bits per heavy atom. The van der Waals surface area contributed by atoms with Crippen LogP contribution >= 0.6 is 11.3 Å². The molecule has 0 radical (unpaired) electrons. The minimum absolute atomic E-state index is 0.395.